The summed E-state index contributed by atoms with van der Waals surface area (Å²) in [5.74, 6) is 0.570. The molecule has 0 aliphatic carbocycles. The number of rotatable bonds is 7. The van der Waals surface area contributed by atoms with E-state index < -0.39 is 6.10 Å². The van der Waals surface area contributed by atoms with Crippen LogP contribution in [0.1, 0.15) is 19.8 Å². The first kappa shape index (κ1) is 18.2. The van der Waals surface area contributed by atoms with Gasteiger partial charge in [-0.1, -0.05) is 22.0 Å². The van der Waals surface area contributed by atoms with Crippen molar-refractivity contribution < 1.29 is 9.53 Å². The third-order valence-corrected chi connectivity index (χ3v) is 2.90. The summed E-state index contributed by atoms with van der Waals surface area (Å²) in [6.07, 6.45) is 1.31. The molecule has 0 spiro atoms. The van der Waals surface area contributed by atoms with Gasteiger partial charge in [0.15, 0.2) is 6.10 Å². The van der Waals surface area contributed by atoms with E-state index in [1.807, 2.05) is 24.3 Å². The lowest BCUT2D eigenvalue weighted by Crippen LogP contribution is -2.36. The normalized spacial score (nSPS) is 11.3. The van der Waals surface area contributed by atoms with Crippen molar-refractivity contribution in [3.63, 3.8) is 0 Å². The Balaban J connectivity index is 0.00000324. The summed E-state index contributed by atoms with van der Waals surface area (Å²) in [6.45, 7) is 3.03. The average Bonchev–Trinajstić information content (AvgIpc) is 2.34. The minimum Gasteiger partial charge on any atom is -0.481 e. The van der Waals surface area contributed by atoms with E-state index in [1.165, 1.54) is 0 Å². The van der Waals surface area contributed by atoms with Gasteiger partial charge in [0.05, 0.1) is 0 Å². The maximum atomic E-state index is 11.7. The molecule has 1 aromatic carbocycles. The second kappa shape index (κ2) is 10.1. The minimum atomic E-state index is -0.503. The molecule has 1 atom stereocenters. The highest BCUT2D eigenvalue weighted by molar-refractivity contribution is 9.10. The number of nitrogens with two attached hydrogens (primary N) is 1. The first-order valence-electron chi connectivity index (χ1n) is 6.03. The molecule has 108 valence electrons. The second-order valence-electron chi connectivity index (χ2n) is 4.00. The van der Waals surface area contributed by atoms with E-state index >= 15 is 0 Å². The lowest BCUT2D eigenvalue weighted by atomic mass is 10.3. The van der Waals surface area contributed by atoms with E-state index in [1.54, 1.807) is 6.92 Å². The number of hydrogen-bond donors (Lipinski definition) is 2. The Labute approximate surface area is 128 Å². The van der Waals surface area contributed by atoms with Crippen LogP contribution in [-0.4, -0.2) is 25.1 Å². The molecule has 0 aliphatic heterocycles. The fourth-order valence-electron chi connectivity index (χ4n) is 1.42. The minimum absolute atomic E-state index is 0. The Hall–Kier alpha value is -0.780. The van der Waals surface area contributed by atoms with Crippen LogP contribution in [0.2, 0.25) is 0 Å². The SMILES string of the molecule is CC(Oc1cccc(Br)c1)C(=O)NCCCCN.Cl. The summed E-state index contributed by atoms with van der Waals surface area (Å²) in [4.78, 5) is 11.7. The van der Waals surface area contributed by atoms with Gasteiger partial charge in [-0.2, -0.15) is 0 Å². The monoisotopic (exact) mass is 350 g/mol. The highest BCUT2D eigenvalue weighted by atomic mass is 79.9. The van der Waals surface area contributed by atoms with Crippen molar-refractivity contribution >= 4 is 34.2 Å². The molecule has 0 radical (unpaired) electrons. The lowest BCUT2D eigenvalue weighted by Gasteiger charge is -2.14. The number of halogens is 2. The van der Waals surface area contributed by atoms with E-state index in [9.17, 15) is 4.79 Å². The van der Waals surface area contributed by atoms with Crippen molar-refractivity contribution in [1.29, 1.82) is 0 Å². The molecule has 3 N–H and O–H groups in total. The largest absolute Gasteiger partial charge is 0.481 e. The van der Waals surface area contributed by atoms with Crippen molar-refractivity contribution in [2.24, 2.45) is 5.73 Å². The van der Waals surface area contributed by atoms with Crippen LogP contribution in [0, 0.1) is 0 Å². The van der Waals surface area contributed by atoms with Crippen LogP contribution in [0.3, 0.4) is 0 Å². The molecule has 0 saturated carbocycles. The Morgan fingerprint density at radius 2 is 2.21 bits per heavy atom. The number of hydrogen-bond acceptors (Lipinski definition) is 3. The van der Waals surface area contributed by atoms with Gasteiger partial charge >= 0.3 is 0 Å². The van der Waals surface area contributed by atoms with Crippen LogP contribution < -0.4 is 15.8 Å². The zero-order valence-corrected chi connectivity index (χ0v) is 13.3. The van der Waals surface area contributed by atoms with Crippen LogP contribution >= 0.6 is 28.3 Å². The summed E-state index contributed by atoms with van der Waals surface area (Å²) in [7, 11) is 0. The summed E-state index contributed by atoms with van der Waals surface area (Å²) in [6, 6.07) is 7.43. The Bertz CT molecular complexity index is 391. The first-order valence-corrected chi connectivity index (χ1v) is 6.83. The van der Waals surface area contributed by atoms with Gasteiger partial charge in [-0.25, -0.2) is 0 Å². The van der Waals surface area contributed by atoms with Gasteiger partial charge in [-0.3, -0.25) is 4.79 Å². The Morgan fingerprint density at radius 1 is 1.47 bits per heavy atom. The molecule has 1 rings (SSSR count). The highest BCUT2D eigenvalue weighted by Crippen LogP contribution is 2.18. The van der Waals surface area contributed by atoms with Crippen LogP contribution in [-0.2, 0) is 4.79 Å². The molecule has 1 amide bonds. The van der Waals surface area contributed by atoms with E-state index in [0.29, 0.717) is 18.8 Å². The summed E-state index contributed by atoms with van der Waals surface area (Å²) < 4.78 is 6.47. The van der Waals surface area contributed by atoms with E-state index in [2.05, 4.69) is 21.2 Å². The molecule has 0 saturated heterocycles. The average molecular weight is 352 g/mol. The molecule has 0 heterocycles. The number of benzene rings is 1. The molecule has 0 aliphatic rings. The lowest BCUT2D eigenvalue weighted by molar-refractivity contribution is -0.127. The number of nitrogens with one attached hydrogen (secondary N) is 1. The smallest absolute Gasteiger partial charge is 0.260 e. The molecule has 1 aromatic rings. The maximum absolute atomic E-state index is 11.7. The summed E-state index contributed by atoms with van der Waals surface area (Å²) in [5.41, 5.74) is 5.38. The summed E-state index contributed by atoms with van der Waals surface area (Å²) in [5, 5.41) is 2.82. The topological polar surface area (TPSA) is 64.3 Å². The van der Waals surface area contributed by atoms with Crippen LogP contribution in [0.5, 0.6) is 5.75 Å². The first-order chi connectivity index (χ1) is 8.63. The van der Waals surface area contributed by atoms with Crippen LogP contribution in [0.15, 0.2) is 28.7 Å². The van der Waals surface area contributed by atoms with Gasteiger partial charge < -0.3 is 15.8 Å². The fraction of sp³-hybridized carbons (Fsp3) is 0.462. The molecule has 6 heteroatoms. The maximum Gasteiger partial charge on any atom is 0.260 e. The van der Waals surface area contributed by atoms with Crippen LogP contribution in [0.4, 0.5) is 0 Å². The van der Waals surface area contributed by atoms with Gasteiger partial charge in [-0.05, 0) is 44.5 Å². The van der Waals surface area contributed by atoms with E-state index in [-0.39, 0.29) is 18.3 Å². The van der Waals surface area contributed by atoms with Crippen molar-refractivity contribution in [3.05, 3.63) is 28.7 Å². The Kier molecular flexibility index (Phi) is 9.65. The summed E-state index contributed by atoms with van der Waals surface area (Å²) >= 11 is 3.36. The molecule has 4 nitrogen and oxygen atoms in total. The standard InChI is InChI=1S/C13H19BrN2O2.ClH/c1-10(13(17)16-8-3-2-7-15)18-12-6-4-5-11(14)9-12;/h4-6,9-10H,2-3,7-8,15H2,1H3,(H,16,17);1H. The van der Waals surface area contributed by atoms with Gasteiger partial charge in [0.2, 0.25) is 0 Å². The van der Waals surface area contributed by atoms with Gasteiger partial charge in [0, 0.05) is 11.0 Å². The van der Waals surface area contributed by atoms with Crippen molar-refractivity contribution in [2.45, 2.75) is 25.9 Å². The third kappa shape index (κ3) is 7.40. The van der Waals surface area contributed by atoms with Crippen molar-refractivity contribution in [3.8, 4) is 5.75 Å². The number of ether oxygens (including phenoxy) is 1. The quantitative estimate of drug-likeness (QED) is 0.742. The molecular weight excluding hydrogens is 332 g/mol. The van der Waals surface area contributed by atoms with Gasteiger partial charge in [0.25, 0.3) is 5.91 Å². The number of carbonyl (C=O) groups is 1. The molecule has 19 heavy (non-hydrogen) atoms. The van der Waals surface area contributed by atoms with Crippen molar-refractivity contribution in [1.82, 2.24) is 5.32 Å². The predicted molar refractivity (Wildman–Crippen MR) is 82.8 cm³/mol. The van der Waals surface area contributed by atoms with Crippen molar-refractivity contribution in [2.75, 3.05) is 13.1 Å². The second-order valence-corrected chi connectivity index (χ2v) is 4.92. The van der Waals surface area contributed by atoms with E-state index in [0.717, 1.165) is 17.3 Å². The molecule has 0 aromatic heterocycles. The molecule has 0 fully saturated rings. The number of carbonyl (C=O) groups excluding carboxylic acids is 1. The van der Waals surface area contributed by atoms with Gasteiger partial charge in [0.1, 0.15) is 5.75 Å². The fourth-order valence-corrected chi connectivity index (χ4v) is 1.80. The number of amides is 1. The zero-order chi connectivity index (χ0) is 13.4. The van der Waals surface area contributed by atoms with Crippen LogP contribution in [0.25, 0.3) is 0 Å². The number of unbranched alkanes of at least 4 members (excludes halogenated alkanes) is 1. The highest BCUT2D eigenvalue weighted by Gasteiger charge is 2.13. The molecule has 0 bridgehead atoms. The van der Waals surface area contributed by atoms with E-state index in [4.69, 9.17) is 10.5 Å². The zero-order valence-electron chi connectivity index (χ0n) is 10.9. The Morgan fingerprint density at radius 3 is 2.84 bits per heavy atom. The molecule has 1 unspecified atom stereocenters. The molecular formula is C13H20BrClN2O2. The predicted octanol–water partition coefficient (Wildman–Crippen LogP) is 2.49. The van der Waals surface area contributed by atoms with Gasteiger partial charge in [-0.15, -0.1) is 12.4 Å². The third-order valence-electron chi connectivity index (χ3n) is 2.41.